The average Bonchev–Trinajstić information content (AvgIpc) is 2.12. The van der Waals surface area contributed by atoms with E-state index >= 15 is 0 Å². The van der Waals surface area contributed by atoms with Crippen LogP contribution in [-0.2, 0) is 0 Å². The van der Waals surface area contributed by atoms with Crippen LogP contribution in [0.1, 0.15) is 86.5 Å². The summed E-state index contributed by atoms with van der Waals surface area (Å²) < 4.78 is 0. The van der Waals surface area contributed by atoms with Gasteiger partial charge in [0.05, 0.1) is 0 Å². The van der Waals surface area contributed by atoms with E-state index in [1.165, 1.54) is 44.9 Å². The van der Waals surface area contributed by atoms with Crippen LogP contribution in [0.5, 0.6) is 0 Å². The molecule has 0 amide bonds. The molecule has 2 rings (SSSR count). The van der Waals surface area contributed by atoms with Crippen molar-refractivity contribution >= 4 is 0 Å². The molecular weight excluding hydrogens is 216 g/mol. The third kappa shape index (κ3) is 2.94. The Morgan fingerprint density at radius 3 is 2.28 bits per heavy atom. The zero-order valence-electron chi connectivity index (χ0n) is 13.6. The molecule has 106 valence electrons. The molecule has 1 unspecified atom stereocenters. The first kappa shape index (κ1) is 14.4. The Labute approximate surface area is 115 Å². The Morgan fingerprint density at radius 1 is 1.00 bits per heavy atom. The maximum Gasteiger partial charge on any atom is -0.0290 e. The molecule has 2 aliphatic rings. The van der Waals surface area contributed by atoms with Crippen molar-refractivity contribution in [2.24, 2.45) is 28.1 Å². The van der Waals surface area contributed by atoms with E-state index in [0.29, 0.717) is 16.2 Å². The highest BCUT2D eigenvalue weighted by atomic mass is 14.5. The second-order valence-corrected chi connectivity index (χ2v) is 9.46. The number of hydrogen-bond acceptors (Lipinski definition) is 0. The number of rotatable bonds is 1. The van der Waals surface area contributed by atoms with Gasteiger partial charge in [0.2, 0.25) is 0 Å². The Balaban J connectivity index is 2.08. The zero-order chi connectivity index (χ0) is 13.6. The van der Waals surface area contributed by atoms with Gasteiger partial charge in [-0.25, -0.2) is 0 Å². The molecule has 2 fully saturated rings. The molecular formula is C18H34. The molecule has 0 saturated heterocycles. The highest BCUT2D eigenvalue weighted by Gasteiger charge is 2.49. The maximum absolute atomic E-state index is 2.60. The summed E-state index contributed by atoms with van der Waals surface area (Å²) in [5, 5.41) is 0. The van der Waals surface area contributed by atoms with Gasteiger partial charge in [0, 0.05) is 0 Å². The summed E-state index contributed by atoms with van der Waals surface area (Å²) in [6.45, 7) is 14.9. The summed E-state index contributed by atoms with van der Waals surface area (Å²) in [6, 6.07) is 0. The fourth-order valence-corrected chi connectivity index (χ4v) is 5.43. The molecule has 0 aliphatic heterocycles. The van der Waals surface area contributed by atoms with Crippen LogP contribution in [0.4, 0.5) is 0 Å². The normalized spacial score (nSPS) is 40.3. The van der Waals surface area contributed by atoms with Gasteiger partial charge in [-0.1, -0.05) is 54.4 Å². The SMILES string of the molecule is CC(C)(C)CC1CC[C@H]2C(C)(C)CCC[C@]2(C)C1. The van der Waals surface area contributed by atoms with Gasteiger partial charge < -0.3 is 0 Å². The molecule has 0 radical (unpaired) electrons. The standard InChI is InChI=1S/C18H34/c1-16(2,3)12-14-8-9-15-17(4,5)10-7-11-18(15,6)13-14/h14-15H,7-13H2,1-6H3/t14?,15-,18+/m0/s1. The highest BCUT2D eigenvalue weighted by Crippen LogP contribution is 2.59. The van der Waals surface area contributed by atoms with Crippen molar-refractivity contribution in [3.8, 4) is 0 Å². The molecule has 0 aromatic rings. The summed E-state index contributed by atoms with van der Waals surface area (Å²) in [6.07, 6.45) is 10.3. The largest absolute Gasteiger partial charge is 0.0602 e. The van der Waals surface area contributed by atoms with Gasteiger partial charge in [-0.3, -0.25) is 0 Å². The van der Waals surface area contributed by atoms with Gasteiger partial charge in [-0.2, -0.15) is 0 Å². The number of fused-ring (bicyclic) bond motifs is 1. The summed E-state index contributed by atoms with van der Waals surface area (Å²) in [4.78, 5) is 0. The van der Waals surface area contributed by atoms with E-state index in [1.807, 2.05) is 0 Å². The minimum atomic E-state index is 0.512. The Bertz CT molecular complexity index is 294. The Kier molecular flexibility index (Phi) is 3.63. The molecule has 0 nitrogen and oxygen atoms in total. The van der Waals surface area contributed by atoms with Crippen molar-refractivity contribution in [1.29, 1.82) is 0 Å². The molecule has 2 aliphatic carbocycles. The predicted molar refractivity (Wildman–Crippen MR) is 80.6 cm³/mol. The fourth-order valence-electron chi connectivity index (χ4n) is 5.43. The van der Waals surface area contributed by atoms with Gasteiger partial charge in [-0.05, 0) is 60.2 Å². The van der Waals surface area contributed by atoms with E-state index in [2.05, 4.69) is 41.5 Å². The molecule has 2 saturated carbocycles. The molecule has 18 heavy (non-hydrogen) atoms. The summed E-state index contributed by atoms with van der Waals surface area (Å²) in [5.74, 6) is 1.97. The van der Waals surface area contributed by atoms with E-state index in [0.717, 1.165) is 11.8 Å². The minimum Gasteiger partial charge on any atom is -0.0602 e. The van der Waals surface area contributed by atoms with Crippen LogP contribution in [0.25, 0.3) is 0 Å². The average molecular weight is 250 g/mol. The third-order valence-corrected chi connectivity index (χ3v) is 5.87. The molecule has 0 bridgehead atoms. The lowest BCUT2D eigenvalue weighted by Crippen LogP contribution is -2.46. The molecule has 0 aromatic heterocycles. The molecule has 3 atom stereocenters. The quantitative estimate of drug-likeness (QED) is 0.531. The van der Waals surface area contributed by atoms with Crippen LogP contribution >= 0.6 is 0 Å². The molecule has 0 spiro atoms. The zero-order valence-corrected chi connectivity index (χ0v) is 13.6. The first-order chi connectivity index (χ1) is 8.12. The van der Waals surface area contributed by atoms with E-state index in [9.17, 15) is 0 Å². The van der Waals surface area contributed by atoms with Gasteiger partial charge in [0.1, 0.15) is 0 Å². The second-order valence-electron chi connectivity index (χ2n) is 9.46. The molecule has 0 N–H and O–H groups in total. The van der Waals surface area contributed by atoms with Crippen molar-refractivity contribution in [2.75, 3.05) is 0 Å². The Morgan fingerprint density at radius 2 is 1.67 bits per heavy atom. The van der Waals surface area contributed by atoms with E-state index < -0.39 is 0 Å². The second kappa shape index (κ2) is 4.53. The van der Waals surface area contributed by atoms with Gasteiger partial charge in [-0.15, -0.1) is 0 Å². The van der Waals surface area contributed by atoms with Crippen LogP contribution in [0.2, 0.25) is 0 Å². The van der Waals surface area contributed by atoms with Crippen molar-refractivity contribution in [2.45, 2.75) is 86.5 Å². The lowest BCUT2D eigenvalue weighted by atomic mass is 9.49. The number of hydrogen-bond donors (Lipinski definition) is 0. The van der Waals surface area contributed by atoms with Crippen molar-refractivity contribution in [1.82, 2.24) is 0 Å². The summed E-state index contributed by atoms with van der Waals surface area (Å²) in [5.41, 5.74) is 1.76. The lowest BCUT2D eigenvalue weighted by Gasteiger charge is -2.56. The third-order valence-electron chi connectivity index (χ3n) is 5.87. The summed E-state index contributed by atoms with van der Waals surface area (Å²) >= 11 is 0. The van der Waals surface area contributed by atoms with E-state index in [4.69, 9.17) is 0 Å². The summed E-state index contributed by atoms with van der Waals surface area (Å²) in [7, 11) is 0. The van der Waals surface area contributed by atoms with Crippen LogP contribution in [0.3, 0.4) is 0 Å². The van der Waals surface area contributed by atoms with Crippen molar-refractivity contribution in [3.63, 3.8) is 0 Å². The van der Waals surface area contributed by atoms with Crippen molar-refractivity contribution in [3.05, 3.63) is 0 Å². The van der Waals surface area contributed by atoms with Gasteiger partial charge in [0.25, 0.3) is 0 Å². The fraction of sp³-hybridized carbons (Fsp3) is 1.00. The molecule has 0 aromatic carbocycles. The first-order valence-electron chi connectivity index (χ1n) is 8.12. The monoisotopic (exact) mass is 250 g/mol. The smallest absolute Gasteiger partial charge is 0.0290 e. The lowest BCUT2D eigenvalue weighted by molar-refractivity contribution is -0.0549. The van der Waals surface area contributed by atoms with E-state index in [-0.39, 0.29) is 0 Å². The van der Waals surface area contributed by atoms with Crippen LogP contribution in [0, 0.1) is 28.1 Å². The minimum absolute atomic E-state index is 0.512. The maximum atomic E-state index is 2.60. The highest BCUT2D eigenvalue weighted by molar-refractivity contribution is 4.99. The van der Waals surface area contributed by atoms with E-state index in [1.54, 1.807) is 0 Å². The van der Waals surface area contributed by atoms with Crippen molar-refractivity contribution < 1.29 is 0 Å². The topological polar surface area (TPSA) is 0 Å². The predicted octanol–water partition coefficient (Wildman–Crippen LogP) is 6.06. The molecule has 0 heteroatoms. The van der Waals surface area contributed by atoms with Gasteiger partial charge >= 0.3 is 0 Å². The van der Waals surface area contributed by atoms with Crippen LogP contribution < -0.4 is 0 Å². The van der Waals surface area contributed by atoms with Crippen LogP contribution in [0.15, 0.2) is 0 Å². The van der Waals surface area contributed by atoms with Gasteiger partial charge in [0.15, 0.2) is 0 Å². The first-order valence-corrected chi connectivity index (χ1v) is 8.12. The van der Waals surface area contributed by atoms with Crippen LogP contribution in [-0.4, -0.2) is 0 Å². The molecule has 0 heterocycles. The Hall–Kier alpha value is 0.